The molecule has 0 aliphatic carbocycles. The van der Waals surface area contributed by atoms with Crippen molar-refractivity contribution in [1.29, 1.82) is 0 Å². The number of carbonyl (C=O) groups excluding carboxylic acids is 2. The molecule has 0 bridgehead atoms. The van der Waals surface area contributed by atoms with Gasteiger partial charge in [0.15, 0.2) is 0 Å². The summed E-state index contributed by atoms with van der Waals surface area (Å²) in [6.45, 7) is 1.59. The van der Waals surface area contributed by atoms with Crippen LogP contribution in [0.4, 0.5) is 0 Å². The van der Waals surface area contributed by atoms with E-state index in [9.17, 15) is 9.59 Å². The second-order valence-corrected chi connectivity index (χ2v) is 5.84. The van der Waals surface area contributed by atoms with Crippen molar-refractivity contribution in [1.82, 2.24) is 4.57 Å². The van der Waals surface area contributed by atoms with Crippen molar-refractivity contribution >= 4 is 11.7 Å². The molecule has 0 aliphatic rings. The summed E-state index contributed by atoms with van der Waals surface area (Å²) in [4.78, 5) is 24.6. The first-order valence-electron chi connectivity index (χ1n) is 7.98. The molecule has 1 aromatic heterocycles. The predicted molar refractivity (Wildman–Crippen MR) is 94.2 cm³/mol. The first-order valence-corrected chi connectivity index (χ1v) is 7.98. The van der Waals surface area contributed by atoms with Crippen molar-refractivity contribution in [3.05, 3.63) is 95.8 Å². The van der Waals surface area contributed by atoms with E-state index in [1.807, 2.05) is 60.7 Å². The SMILES string of the molecule is CC(=O)CC(c1ccccc1)c1cccn1C(=O)c1ccccc1. The van der Waals surface area contributed by atoms with E-state index >= 15 is 0 Å². The Morgan fingerprint density at radius 2 is 1.50 bits per heavy atom. The Kier molecular flexibility index (Phi) is 4.71. The first-order chi connectivity index (χ1) is 11.7. The van der Waals surface area contributed by atoms with Gasteiger partial charge in [-0.2, -0.15) is 0 Å². The molecule has 0 aliphatic heterocycles. The molecule has 0 radical (unpaired) electrons. The molecule has 3 aromatic rings. The molecule has 3 heteroatoms. The summed E-state index contributed by atoms with van der Waals surface area (Å²) in [5.41, 5.74) is 2.50. The summed E-state index contributed by atoms with van der Waals surface area (Å²) in [6, 6.07) is 22.8. The van der Waals surface area contributed by atoms with Gasteiger partial charge in [-0.15, -0.1) is 0 Å². The highest BCUT2D eigenvalue weighted by Gasteiger charge is 2.22. The molecule has 24 heavy (non-hydrogen) atoms. The third-order valence-corrected chi connectivity index (χ3v) is 4.07. The molecule has 1 unspecified atom stereocenters. The zero-order chi connectivity index (χ0) is 16.9. The van der Waals surface area contributed by atoms with Crippen LogP contribution in [0.3, 0.4) is 0 Å². The van der Waals surface area contributed by atoms with Gasteiger partial charge in [0.25, 0.3) is 5.91 Å². The van der Waals surface area contributed by atoms with Gasteiger partial charge in [0.05, 0.1) is 0 Å². The van der Waals surface area contributed by atoms with Crippen LogP contribution in [0.25, 0.3) is 0 Å². The van der Waals surface area contributed by atoms with Crippen LogP contribution in [-0.2, 0) is 4.79 Å². The molecule has 2 aromatic carbocycles. The quantitative estimate of drug-likeness (QED) is 0.704. The van der Waals surface area contributed by atoms with E-state index in [2.05, 4.69) is 0 Å². The van der Waals surface area contributed by atoms with Gasteiger partial charge in [-0.3, -0.25) is 14.2 Å². The molecular weight excluding hydrogens is 298 g/mol. The number of rotatable bonds is 5. The fourth-order valence-electron chi connectivity index (χ4n) is 2.95. The Hall–Kier alpha value is -2.94. The molecule has 3 rings (SSSR count). The fourth-order valence-corrected chi connectivity index (χ4v) is 2.95. The van der Waals surface area contributed by atoms with Gasteiger partial charge in [0, 0.05) is 29.8 Å². The summed E-state index contributed by atoms with van der Waals surface area (Å²) in [5.74, 6) is -0.116. The largest absolute Gasteiger partial charge is 0.300 e. The molecule has 120 valence electrons. The first kappa shape index (κ1) is 15.9. The van der Waals surface area contributed by atoms with E-state index in [-0.39, 0.29) is 17.6 Å². The third-order valence-electron chi connectivity index (χ3n) is 4.07. The van der Waals surface area contributed by atoms with Crippen molar-refractivity contribution in [2.24, 2.45) is 0 Å². The number of ketones is 1. The Labute approximate surface area is 141 Å². The molecular formula is C21H19NO2. The van der Waals surface area contributed by atoms with E-state index in [0.717, 1.165) is 11.3 Å². The molecule has 1 heterocycles. The molecule has 0 saturated heterocycles. The topological polar surface area (TPSA) is 39.1 Å². The standard InChI is InChI=1S/C21H19NO2/c1-16(23)15-19(17-9-4-2-5-10-17)20-13-8-14-22(20)21(24)18-11-6-3-7-12-18/h2-14,19H,15H2,1H3. The Bertz CT molecular complexity index is 835. The molecule has 0 saturated carbocycles. The van der Waals surface area contributed by atoms with E-state index in [0.29, 0.717) is 12.0 Å². The van der Waals surface area contributed by atoms with Gasteiger partial charge < -0.3 is 0 Å². The monoisotopic (exact) mass is 317 g/mol. The minimum absolute atomic E-state index is 0.0833. The van der Waals surface area contributed by atoms with Crippen molar-refractivity contribution < 1.29 is 9.59 Å². The van der Waals surface area contributed by atoms with E-state index in [1.54, 1.807) is 29.8 Å². The number of carbonyl (C=O) groups is 2. The lowest BCUT2D eigenvalue weighted by Gasteiger charge is -2.18. The Morgan fingerprint density at radius 1 is 0.875 bits per heavy atom. The van der Waals surface area contributed by atoms with Crippen molar-refractivity contribution in [2.75, 3.05) is 0 Å². The lowest BCUT2D eigenvalue weighted by atomic mass is 9.91. The van der Waals surface area contributed by atoms with Crippen LogP contribution in [0.1, 0.15) is 40.9 Å². The van der Waals surface area contributed by atoms with Crippen molar-refractivity contribution in [2.45, 2.75) is 19.3 Å². The van der Waals surface area contributed by atoms with Crippen molar-refractivity contribution in [3.8, 4) is 0 Å². The molecule has 0 amide bonds. The number of benzene rings is 2. The number of hydrogen-bond acceptors (Lipinski definition) is 2. The van der Waals surface area contributed by atoms with Crippen LogP contribution in [0.15, 0.2) is 79.0 Å². The molecule has 0 spiro atoms. The van der Waals surface area contributed by atoms with Gasteiger partial charge in [-0.1, -0.05) is 48.5 Å². The maximum atomic E-state index is 12.8. The zero-order valence-corrected chi connectivity index (χ0v) is 13.6. The number of hydrogen-bond donors (Lipinski definition) is 0. The summed E-state index contributed by atoms with van der Waals surface area (Å²) in [7, 11) is 0. The van der Waals surface area contributed by atoms with Gasteiger partial charge in [-0.25, -0.2) is 0 Å². The summed E-state index contributed by atoms with van der Waals surface area (Å²) < 4.78 is 1.65. The zero-order valence-electron chi connectivity index (χ0n) is 13.6. The van der Waals surface area contributed by atoms with E-state index in [4.69, 9.17) is 0 Å². The van der Waals surface area contributed by atoms with E-state index in [1.165, 1.54) is 0 Å². The lowest BCUT2D eigenvalue weighted by Crippen LogP contribution is -2.18. The second kappa shape index (κ2) is 7.09. The van der Waals surface area contributed by atoms with Crippen LogP contribution in [0, 0.1) is 0 Å². The molecule has 0 N–H and O–H groups in total. The summed E-state index contributed by atoms with van der Waals surface area (Å²) in [6.07, 6.45) is 2.14. The van der Waals surface area contributed by atoms with Crippen LogP contribution in [-0.4, -0.2) is 16.3 Å². The molecule has 0 fully saturated rings. The number of Topliss-reactive ketones (excluding diaryl/α,β-unsaturated/α-hetero) is 1. The van der Waals surface area contributed by atoms with Crippen LogP contribution in [0.5, 0.6) is 0 Å². The molecule has 1 atom stereocenters. The second-order valence-electron chi connectivity index (χ2n) is 5.84. The predicted octanol–water partition coefficient (Wildman–Crippen LogP) is 4.29. The van der Waals surface area contributed by atoms with Crippen LogP contribution >= 0.6 is 0 Å². The van der Waals surface area contributed by atoms with Gasteiger partial charge in [0.1, 0.15) is 5.78 Å². The smallest absolute Gasteiger partial charge is 0.262 e. The Balaban J connectivity index is 2.03. The highest BCUT2D eigenvalue weighted by Crippen LogP contribution is 2.29. The van der Waals surface area contributed by atoms with E-state index < -0.39 is 0 Å². The highest BCUT2D eigenvalue weighted by atomic mass is 16.2. The fraction of sp³-hybridized carbons (Fsp3) is 0.143. The van der Waals surface area contributed by atoms with Crippen molar-refractivity contribution in [3.63, 3.8) is 0 Å². The Morgan fingerprint density at radius 3 is 2.12 bits per heavy atom. The molecule has 3 nitrogen and oxygen atoms in total. The number of aromatic nitrogens is 1. The van der Waals surface area contributed by atoms with Crippen LogP contribution < -0.4 is 0 Å². The van der Waals surface area contributed by atoms with Crippen LogP contribution in [0.2, 0.25) is 0 Å². The average Bonchev–Trinajstić information content (AvgIpc) is 3.10. The van der Waals surface area contributed by atoms with Gasteiger partial charge in [-0.05, 0) is 36.8 Å². The normalized spacial score (nSPS) is 11.9. The summed E-state index contributed by atoms with van der Waals surface area (Å²) in [5, 5.41) is 0. The maximum absolute atomic E-state index is 12.8. The third kappa shape index (κ3) is 3.35. The summed E-state index contributed by atoms with van der Waals surface area (Å²) >= 11 is 0. The minimum atomic E-state index is -0.133. The number of nitrogens with zero attached hydrogens (tertiary/aromatic N) is 1. The highest BCUT2D eigenvalue weighted by molar-refractivity contribution is 5.96. The van der Waals surface area contributed by atoms with Gasteiger partial charge >= 0.3 is 0 Å². The van der Waals surface area contributed by atoms with Gasteiger partial charge in [0.2, 0.25) is 0 Å². The lowest BCUT2D eigenvalue weighted by molar-refractivity contribution is -0.117. The minimum Gasteiger partial charge on any atom is -0.300 e. The maximum Gasteiger partial charge on any atom is 0.262 e. The average molecular weight is 317 g/mol.